The second kappa shape index (κ2) is 12.9. The van der Waals surface area contributed by atoms with Crippen LogP contribution in [-0.2, 0) is 17.4 Å². The van der Waals surface area contributed by atoms with E-state index in [9.17, 15) is 27.2 Å². The first kappa shape index (κ1) is 29.1. The molecule has 3 aromatic carbocycles. The van der Waals surface area contributed by atoms with Crippen molar-refractivity contribution in [1.82, 2.24) is 15.1 Å². The lowest BCUT2D eigenvalue weighted by Gasteiger charge is -2.35. The molecule has 3 aromatic rings. The van der Waals surface area contributed by atoms with E-state index in [1.165, 1.54) is 4.90 Å². The van der Waals surface area contributed by atoms with Gasteiger partial charge in [-0.1, -0.05) is 54.6 Å². The van der Waals surface area contributed by atoms with Gasteiger partial charge in [0.1, 0.15) is 5.82 Å². The van der Waals surface area contributed by atoms with Gasteiger partial charge in [0.15, 0.2) is 0 Å². The van der Waals surface area contributed by atoms with E-state index in [2.05, 4.69) is 41.7 Å². The molecule has 2 amide bonds. The zero-order valence-corrected chi connectivity index (χ0v) is 21.3. The van der Waals surface area contributed by atoms with Gasteiger partial charge in [0, 0.05) is 26.2 Å². The van der Waals surface area contributed by atoms with Crippen molar-refractivity contribution in [1.29, 1.82) is 0 Å². The van der Waals surface area contributed by atoms with Gasteiger partial charge in [0.05, 0.1) is 17.7 Å². The molecule has 0 unspecified atom stereocenters. The van der Waals surface area contributed by atoms with Gasteiger partial charge in [-0.2, -0.15) is 13.2 Å². The minimum atomic E-state index is -4.77. The van der Waals surface area contributed by atoms with Crippen LogP contribution in [0.25, 0.3) is 11.1 Å². The Bertz CT molecular complexity index is 1230. The number of hydrogen-bond donors (Lipinski definition) is 1. The van der Waals surface area contributed by atoms with Gasteiger partial charge in [-0.05, 0) is 47.9 Å². The largest absolute Gasteiger partial charge is 0.417 e. The number of alkyl halides is 3. The average Bonchev–Trinajstić information content (AvgIpc) is 2.91. The van der Waals surface area contributed by atoms with E-state index in [4.69, 9.17) is 0 Å². The summed E-state index contributed by atoms with van der Waals surface area (Å²) in [6.45, 7) is 1.28. The number of amides is 2. The zero-order chi connectivity index (χ0) is 26.4. The fourth-order valence-corrected chi connectivity index (χ4v) is 4.30. The van der Waals surface area contributed by atoms with E-state index in [0.717, 1.165) is 23.1 Å². The molecule has 1 fully saturated rings. The maximum absolute atomic E-state index is 13.6. The Morgan fingerprint density at radius 1 is 0.816 bits per heavy atom. The summed E-state index contributed by atoms with van der Waals surface area (Å²) in [5, 5.41) is 3.13. The third-order valence-electron chi connectivity index (χ3n) is 6.36. The number of rotatable bonds is 7. The summed E-state index contributed by atoms with van der Waals surface area (Å²) < 4.78 is 53.4. The Hall–Kier alpha value is -3.43. The highest BCUT2D eigenvalue weighted by atomic mass is 35.5. The van der Waals surface area contributed by atoms with Gasteiger partial charge >= 0.3 is 6.18 Å². The van der Waals surface area contributed by atoms with Crippen molar-refractivity contribution in [3.8, 4) is 11.1 Å². The van der Waals surface area contributed by atoms with Crippen LogP contribution >= 0.6 is 12.4 Å². The van der Waals surface area contributed by atoms with Crippen LogP contribution in [0, 0.1) is 5.82 Å². The Balaban J connectivity index is 0.00000400. The molecule has 1 aliphatic heterocycles. The summed E-state index contributed by atoms with van der Waals surface area (Å²) >= 11 is 0. The standard InChI is InChI=1S/C28H27F4N3O2.ClH/c29-23-10-11-25(28(30,31)32)24(18-23)27(37)35-16-14-34(15-17-35)26(36)19-33-13-12-20-6-8-22(9-7-20)21-4-2-1-3-5-21;/h1-11,18,33H,12-17,19H2;1H. The van der Waals surface area contributed by atoms with E-state index in [-0.39, 0.29) is 51.0 Å². The Morgan fingerprint density at radius 2 is 1.42 bits per heavy atom. The van der Waals surface area contributed by atoms with Gasteiger partial charge in [-0.25, -0.2) is 4.39 Å². The monoisotopic (exact) mass is 549 g/mol. The molecule has 0 aliphatic carbocycles. The summed E-state index contributed by atoms with van der Waals surface area (Å²) in [4.78, 5) is 28.0. The first-order valence-corrected chi connectivity index (χ1v) is 12.0. The van der Waals surface area contributed by atoms with Crippen LogP contribution < -0.4 is 5.32 Å². The summed E-state index contributed by atoms with van der Waals surface area (Å²) in [5.74, 6) is -1.95. The lowest BCUT2D eigenvalue weighted by Crippen LogP contribution is -2.52. The molecule has 0 atom stereocenters. The number of nitrogens with zero attached hydrogens (tertiary/aromatic N) is 2. The summed E-state index contributed by atoms with van der Waals surface area (Å²) in [6.07, 6.45) is -4.02. The molecule has 10 heteroatoms. The molecule has 1 N–H and O–H groups in total. The van der Waals surface area contributed by atoms with Gasteiger partial charge in [0.2, 0.25) is 5.91 Å². The number of benzene rings is 3. The zero-order valence-electron chi connectivity index (χ0n) is 20.5. The summed E-state index contributed by atoms with van der Waals surface area (Å²) in [5.41, 5.74) is 1.54. The van der Waals surface area contributed by atoms with Crippen molar-refractivity contribution in [2.45, 2.75) is 12.6 Å². The third kappa shape index (κ3) is 7.33. The molecule has 0 aromatic heterocycles. The second-order valence-corrected chi connectivity index (χ2v) is 8.85. The lowest BCUT2D eigenvalue weighted by molar-refractivity contribution is -0.138. The van der Waals surface area contributed by atoms with E-state index in [1.807, 2.05) is 18.2 Å². The van der Waals surface area contributed by atoms with E-state index >= 15 is 0 Å². The number of hydrogen-bond acceptors (Lipinski definition) is 3. The first-order valence-electron chi connectivity index (χ1n) is 12.0. The predicted octanol–water partition coefficient (Wildman–Crippen LogP) is 5.05. The number of carbonyl (C=O) groups excluding carboxylic acids is 2. The third-order valence-corrected chi connectivity index (χ3v) is 6.36. The molecular weight excluding hydrogens is 522 g/mol. The van der Waals surface area contributed by atoms with E-state index < -0.39 is 29.0 Å². The highest BCUT2D eigenvalue weighted by molar-refractivity contribution is 5.96. The van der Waals surface area contributed by atoms with Crippen molar-refractivity contribution in [3.05, 3.63) is 95.3 Å². The van der Waals surface area contributed by atoms with Crippen molar-refractivity contribution in [3.63, 3.8) is 0 Å². The quantitative estimate of drug-likeness (QED) is 0.331. The van der Waals surface area contributed by atoms with E-state index in [0.29, 0.717) is 24.7 Å². The van der Waals surface area contributed by atoms with Gasteiger partial charge in [-0.3, -0.25) is 9.59 Å². The molecule has 0 bridgehead atoms. The number of halogens is 5. The first-order chi connectivity index (χ1) is 17.7. The highest BCUT2D eigenvalue weighted by Gasteiger charge is 2.37. The molecule has 1 aliphatic rings. The number of carbonyl (C=O) groups is 2. The molecule has 0 spiro atoms. The predicted molar refractivity (Wildman–Crippen MR) is 140 cm³/mol. The molecular formula is C28H28ClF4N3O2. The fourth-order valence-electron chi connectivity index (χ4n) is 4.30. The second-order valence-electron chi connectivity index (χ2n) is 8.85. The maximum Gasteiger partial charge on any atom is 0.417 e. The minimum Gasteiger partial charge on any atom is -0.338 e. The molecule has 1 heterocycles. The van der Waals surface area contributed by atoms with Gasteiger partial charge < -0.3 is 15.1 Å². The minimum absolute atomic E-state index is 0. The molecule has 202 valence electrons. The van der Waals surface area contributed by atoms with Crippen LogP contribution in [0.4, 0.5) is 17.6 Å². The smallest absolute Gasteiger partial charge is 0.338 e. The van der Waals surface area contributed by atoms with Crippen LogP contribution in [0.2, 0.25) is 0 Å². The Labute approximate surface area is 224 Å². The molecule has 5 nitrogen and oxygen atoms in total. The van der Waals surface area contributed by atoms with Crippen molar-refractivity contribution < 1.29 is 27.2 Å². The molecule has 0 saturated carbocycles. The van der Waals surface area contributed by atoms with Crippen LogP contribution in [-0.4, -0.2) is 60.9 Å². The number of nitrogens with one attached hydrogen (secondary N) is 1. The van der Waals surface area contributed by atoms with Gasteiger partial charge in [-0.15, -0.1) is 12.4 Å². The van der Waals surface area contributed by atoms with Crippen LogP contribution in [0.15, 0.2) is 72.8 Å². The van der Waals surface area contributed by atoms with Crippen molar-refractivity contribution in [2.24, 2.45) is 0 Å². The molecule has 4 rings (SSSR count). The van der Waals surface area contributed by atoms with E-state index in [1.54, 1.807) is 4.90 Å². The SMILES string of the molecule is Cl.O=C(CNCCc1ccc(-c2ccccc2)cc1)N1CCN(C(=O)c2cc(F)ccc2C(F)(F)F)CC1. The lowest BCUT2D eigenvalue weighted by atomic mass is 10.0. The molecule has 38 heavy (non-hydrogen) atoms. The average molecular weight is 550 g/mol. The Kier molecular flexibility index (Phi) is 9.88. The van der Waals surface area contributed by atoms with Crippen molar-refractivity contribution >= 4 is 24.2 Å². The molecule has 0 radical (unpaired) electrons. The van der Waals surface area contributed by atoms with Crippen LogP contribution in [0.5, 0.6) is 0 Å². The maximum atomic E-state index is 13.6. The summed E-state index contributed by atoms with van der Waals surface area (Å²) in [7, 11) is 0. The van der Waals surface area contributed by atoms with Crippen LogP contribution in [0.1, 0.15) is 21.5 Å². The molecule has 1 saturated heterocycles. The van der Waals surface area contributed by atoms with Crippen LogP contribution in [0.3, 0.4) is 0 Å². The Morgan fingerprint density at radius 3 is 2.05 bits per heavy atom. The highest BCUT2D eigenvalue weighted by Crippen LogP contribution is 2.33. The topological polar surface area (TPSA) is 52.7 Å². The fraction of sp³-hybridized carbons (Fsp3) is 0.286. The van der Waals surface area contributed by atoms with Gasteiger partial charge in [0.25, 0.3) is 5.91 Å². The summed E-state index contributed by atoms with van der Waals surface area (Å²) in [6, 6.07) is 20.2. The normalized spacial score (nSPS) is 13.7. The van der Waals surface area contributed by atoms with Crippen molar-refractivity contribution in [2.75, 3.05) is 39.3 Å². The number of piperazine rings is 1.